The van der Waals surface area contributed by atoms with Crippen LogP contribution in [-0.4, -0.2) is 45.2 Å². The molecule has 0 unspecified atom stereocenters. The first-order valence-corrected chi connectivity index (χ1v) is 10.1. The van der Waals surface area contributed by atoms with Crippen molar-refractivity contribution < 1.29 is 9.53 Å². The van der Waals surface area contributed by atoms with E-state index in [1.165, 1.54) is 11.1 Å². The molecule has 0 aliphatic rings. The van der Waals surface area contributed by atoms with Gasteiger partial charge in [-0.1, -0.05) is 18.2 Å². The molecule has 7 heteroatoms. The van der Waals surface area contributed by atoms with Crippen molar-refractivity contribution in [1.29, 1.82) is 0 Å². The summed E-state index contributed by atoms with van der Waals surface area (Å²) in [7, 11) is 1.64. The lowest BCUT2D eigenvalue weighted by molar-refractivity contribution is 0.0963. The number of amides is 1. The molecule has 0 aromatic heterocycles. The Morgan fingerprint density at radius 3 is 2.47 bits per heavy atom. The monoisotopic (exact) mass is 524 g/mol. The third-order valence-corrected chi connectivity index (χ3v) is 4.29. The number of hydrogen-bond donors (Lipinski definition) is 3. The van der Waals surface area contributed by atoms with E-state index in [-0.39, 0.29) is 29.9 Å². The van der Waals surface area contributed by atoms with Crippen LogP contribution in [0, 0.1) is 13.8 Å². The average Bonchev–Trinajstić information content (AvgIpc) is 2.70. The maximum absolute atomic E-state index is 11.7. The van der Waals surface area contributed by atoms with Gasteiger partial charge in [0.15, 0.2) is 5.96 Å². The van der Waals surface area contributed by atoms with Gasteiger partial charge in [-0.2, -0.15) is 0 Å². The van der Waals surface area contributed by atoms with Crippen molar-refractivity contribution in [2.24, 2.45) is 4.99 Å². The number of nitrogens with zero attached hydrogens (tertiary/aromatic N) is 1. The van der Waals surface area contributed by atoms with Crippen LogP contribution in [0.2, 0.25) is 0 Å². The van der Waals surface area contributed by atoms with Crippen LogP contribution in [0.3, 0.4) is 0 Å². The second-order valence-electron chi connectivity index (χ2n) is 6.89. The first kappa shape index (κ1) is 25.7. The third kappa shape index (κ3) is 9.02. The van der Waals surface area contributed by atoms with Crippen LogP contribution in [0.5, 0.6) is 5.75 Å². The second kappa shape index (κ2) is 13.8. The van der Waals surface area contributed by atoms with Crippen LogP contribution in [0.1, 0.15) is 34.0 Å². The first-order valence-electron chi connectivity index (χ1n) is 10.1. The lowest BCUT2D eigenvalue weighted by Crippen LogP contribution is -2.39. The maximum atomic E-state index is 11.7. The summed E-state index contributed by atoms with van der Waals surface area (Å²) in [6.07, 6.45) is 0.764. The SMILES string of the molecule is CCNC(=NCCc1cccc(C(=O)NC)c1)NCCOc1cc(C)cc(C)c1.I. The van der Waals surface area contributed by atoms with Gasteiger partial charge in [0.25, 0.3) is 5.91 Å². The number of guanidine groups is 1. The number of ether oxygens (including phenoxy) is 1. The lowest BCUT2D eigenvalue weighted by Gasteiger charge is -2.13. The normalized spacial score (nSPS) is 10.7. The molecule has 0 fully saturated rings. The number of carbonyl (C=O) groups is 1. The highest BCUT2D eigenvalue weighted by Gasteiger charge is 2.04. The zero-order valence-corrected chi connectivity index (χ0v) is 20.6. The Balaban J connectivity index is 0.00000450. The van der Waals surface area contributed by atoms with Gasteiger partial charge in [0.05, 0.1) is 6.54 Å². The first-order chi connectivity index (χ1) is 14.0. The average molecular weight is 524 g/mol. The number of carbonyl (C=O) groups excluding carboxylic acids is 1. The van der Waals surface area contributed by atoms with E-state index in [0.717, 1.165) is 30.2 Å². The molecule has 0 radical (unpaired) electrons. The summed E-state index contributed by atoms with van der Waals surface area (Å²) in [5, 5.41) is 9.19. The Morgan fingerprint density at radius 2 is 1.80 bits per heavy atom. The number of aryl methyl sites for hydroxylation is 2. The summed E-state index contributed by atoms with van der Waals surface area (Å²) < 4.78 is 5.83. The van der Waals surface area contributed by atoms with E-state index in [1.807, 2.05) is 43.3 Å². The van der Waals surface area contributed by atoms with E-state index in [4.69, 9.17) is 4.74 Å². The minimum absolute atomic E-state index is 0. The standard InChI is InChI=1S/C23H32N4O2.HI/c1-5-25-23(27-11-12-29-21-14-17(2)13-18(3)15-21)26-10-9-19-7-6-8-20(16-19)22(28)24-4;/h6-8,13-16H,5,9-12H2,1-4H3,(H,24,28)(H2,25,26,27);1H. The molecule has 0 aliphatic heterocycles. The summed E-state index contributed by atoms with van der Waals surface area (Å²) in [6, 6.07) is 13.8. The molecular formula is C23H33IN4O2. The predicted octanol–water partition coefficient (Wildman–Crippen LogP) is 3.46. The Kier molecular flexibility index (Phi) is 11.9. The molecule has 0 bridgehead atoms. The highest BCUT2D eigenvalue weighted by molar-refractivity contribution is 14.0. The molecule has 0 spiro atoms. The topological polar surface area (TPSA) is 74.8 Å². The summed E-state index contributed by atoms with van der Waals surface area (Å²) in [5.74, 6) is 1.58. The van der Waals surface area contributed by atoms with Crippen LogP contribution in [-0.2, 0) is 6.42 Å². The van der Waals surface area contributed by atoms with Crippen molar-refractivity contribution >= 4 is 35.8 Å². The molecule has 0 saturated heterocycles. The Labute approximate surface area is 196 Å². The molecule has 1 amide bonds. The van der Waals surface area contributed by atoms with Crippen molar-refractivity contribution in [3.63, 3.8) is 0 Å². The van der Waals surface area contributed by atoms with E-state index < -0.39 is 0 Å². The molecule has 2 aromatic rings. The van der Waals surface area contributed by atoms with Crippen molar-refractivity contribution in [1.82, 2.24) is 16.0 Å². The minimum Gasteiger partial charge on any atom is -0.492 e. The molecule has 0 saturated carbocycles. The van der Waals surface area contributed by atoms with Crippen LogP contribution >= 0.6 is 24.0 Å². The zero-order valence-electron chi connectivity index (χ0n) is 18.2. The Bertz CT molecular complexity index is 819. The Morgan fingerprint density at radius 1 is 1.07 bits per heavy atom. The molecular weight excluding hydrogens is 491 g/mol. The fourth-order valence-corrected chi connectivity index (χ4v) is 3.01. The highest BCUT2D eigenvalue weighted by Crippen LogP contribution is 2.15. The van der Waals surface area contributed by atoms with Crippen molar-refractivity contribution in [3.05, 3.63) is 64.7 Å². The maximum Gasteiger partial charge on any atom is 0.251 e. The molecule has 2 rings (SSSR count). The van der Waals surface area contributed by atoms with E-state index >= 15 is 0 Å². The molecule has 0 atom stereocenters. The molecule has 2 aromatic carbocycles. The van der Waals surface area contributed by atoms with Crippen molar-refractivity contribution in [3.8, 4) is 5.75 Å². The van der Waals surface area contributed by atoms with Crippen LogP contribution in [0.15, 0.2) is 47.5 Å². The van der Waals surface area contributed by atoms with Crippen molar-refractivity contribution in [2.75, 3.05) is 33.3 Å². The van der Waals surface area contributed by atoms with Gasteiger partial charge in [0.2, 0.25) is 0 Å². The van der Waals surface area contributed by atoms with Gasteiger partial charge in [0, 0.05) is 25.7 Å². The molecule has 0 aliphatic carbocycles. The lowest BCUT2D eigenvalue weighted by atomic mass is 10.1. The number of rotatable bonds is 9. The molecule has 30 heavy (non-hydrogen) atoms. The number of aliphatic imine (C=N–C) groups is 1. The minimum atomic E-state index is -0.0749. The summed E-state index contributed by atoms with van der Waals surface area (Å²) in [4.78, 5) is 16.4. The van der Waals surface area contributed by atoms with Gasteiger partial charge in [-0.05, 0) is 68.1 Å². The second-order valence-corrected chi connectivity index (χ2v) is 6.89. The van der Waals surface area contributed by atoms with Gasteiger partial charge >= 0.3 is 0 Å². The number of nitrogens with one attached hydrogen (secondary N) is 3. The quantitative estimate of drug-likeness (QED) is 0.203. The van der Waals surface area contributed by atoms with E-state index in [2.05, 4.69) is 40.9 Å². The van der Waals surface area contributed by atoms with Crippen molar-refractivity contribution in [2.45, 2.75) is 27.2 Å². The summed E-state index contributed by atoms with van der Waals surface area (Å²) in [6.45, 7) is 8.81. The highest BCUT2D eigenvalue weighted by atomic mass is 127. The van der Waals surface area contributed by atoms with E-state index in [9.17, 15) is 4.79 Å². The third-order valence-electron chi connectivity index (χ3n) is 4.29. The zero-order chi connectivity index (χ0) is 21.1. The number of halogens is 1. The molecule has 3 N–H and O–H groups in total. The molecule has 164 valence electrons. The van der Waals surface area contributed by atoms with Gasteiger partial charge in [-0.25, -0.2) is 0 Å². The smallest absolute Gasteiger partial charge is 0.251 e. The summed E-state index contributed by atoms with van der Waals surface area (Å²) >= 11 is 0. The van der Waals surface area contributed by atoms with E-state index in [1.54, 1.807) is 7.05 Å². The fraction of sp³-hybridized carbons (Fsp3) is 0.391. The van der Waals surface area contributed by atoms with Gasteiger partial charge in [-0.3, -0.25) is 9.79 Å². The fourth-order valence-electron chi connectivity index (χ4n) is 3.01. The van der Waals surface area contributed by atoms with E-state index in [0.29, 0.717) is 25.3 Å². The Hall–Kier alpha value is -2.29. The molecule has 0 heterocycles. The largest absolute Gasteiger partial charge is 0.492 e. The van der Waals surface area contributed by atoms with Crippen LogP contribution in [0.25, 0.3) is 0 Å². The van der Waals surface area contributed by atoms with Gasteiger partial charge < -0.3 is 20.7 Å². The summed E-state index contributed by atoms with van der Waals surface area (Å²) in [5.41, 5.74) is 4.15. The predicted molar refractivity (Wildman–Crippen MR) is 134 cm³/mol. The van der Waals surface area contributed by atoms with Gasteiger partial charge in [0.1, 0.15) is 12.4 Å². The number of benzene rings is 2. The van der Waals surface area contributed by atoms with Crippen LogP contribution in [0.4, 0.5) is 0 Å². The molecule has 6 nitrogen and oxygen atoms in total. The van der Waals surface area contributed by atoms with Gasteiger partial charge in [-0.15, -0.1) is 24.0 Å². The van der Waals surface area contributed by atoms with Crippen LogP contribution < -0.4 is 20.7 Å². The number of hydrogen-bond acceptors (Lipinski definition) is 3.